The van der Waals surface area contributed by atoms with Crippen molar-refractivity contribution in [2.45, 2.75) is 162 Å². The molecule has 1 aromatic carbocycles. The molecule has 2 N–H and O–H groups in total. The topological polar surface area (TPSA) is 50.3 Å². The van der Waals surface area contributed by atoms with E-state index in [0.29, 0.717) is 7.92 Å². The SMILES string of the molecule is C1CCC(P(C2CCCCC2)C2CCCCC2)CC1.OC(Cn1c(Cl)c(Cl)n(CC(O)(C(F)(F)F)C(F)(F)F)[c]1=[Ru]=[CH]c1ccccc1)(C(F)(F)F)C(F)(F)F. The number of alkyl halides is 12. The maximum absolute atomic E-state index is 13.3. The van der Waals surface area contributed by atoms with E-state index in [1.54, 1.807) is 77.0 Å². The van der Waals surface area contributed by atoms with Gasteiger partial charge in [-0.3, -0.25) is 0 Å². The first-order chi connectivity index (χ1) is 25.9. The third-order valence-corrected chi connectivity index (χ3v) is 17.9. The van der Waals surface area contributed by atoms with Crippen LogP contribution in [0.5, 0.6) is 0 Å². The molecule has 0 bridgehead atoms. The quantitative estimate of drug-likeness (QED) is 0.157. The number of halogens is 14. The van der Waals surface area contributed by atoms with E-state index in [-0.39, 0.29) is 14.7 Å². The Kier molecular flexibility index (Phi) is 16.3. The van der Waals surface area contributed by atoms with Gasteiger partial charge in [-0.2, -0.15) is 0 Å². The van der Waals surface area contributed by atoms with Crippen molar-refractivity contribution in [3.8, 4) is 0 Å². The summed E-state index contributed by atoms with van der Waals surface area (Å²) in [5.41, 5.74) is -7.26. The first-order valence-corrected chi connectivity index (χ1v) is 22.6. The maximum atomic E-state index is 13.3. The van der Waals surface area contributed by atoms with Gasteiger partial charge in [-0.15, -0.1) is 0 Å². The molecule has 1 heterocycles. The molecule has 0 aliphatic heterocycles. The summed E-state index contributed by atoms with van der Waals surface area (Å²) in [6.45, 7) is -5.04. The number of aromatic nitrogens is 2. The first kappa shape index (κ1) is 47.7. The Balaban J connectivity index is 0.000000303. The molecule has 3 aliphatic rings. The van der Waals surface area contributed by atoms with E-state index in [4.69, 9.17) is 23.2 Å². The van der Waals surface area contributed by atoms with Crippen molar-refractivity contribution < 1.29 is 79.1 Å². The fraction of sp³-hybridized carbons (Fsp3) is 0.722. The molecule has 0 unspecified atom stereocenters. The molecule has 322 valence electrons. The Morgan fingerprint density at radius 2 is 0.857 bits per heavy atom. The normalized spacial score (nSPS) is 19.2. The fourth-order valence-corrected chi connectivity index (χ4v) is 15.1. The monoisotopic (exact) mass is 968 g/mol. The van der Waals surface area contributed by atoms with Crippen molar-refractivity contribution >= 4 is 35.7 Å². The number of hydrogen-bond acceptors (Lipinski definition) is 2. The molecule has 3 saturated carbocycles. The van der Waals surface area contributed by atoms with Crippen LogP contribution in [0.1, 0.15) is 102 Å². The zero-order valence-electron chi connectivity index (χ0n) is 30.1. The predicted molar refractivity (Wildman–Crippen MR) is 189 cm³/mol. The van der Waals surface area contributed by atoms with E-state index in [1.165, 1.54) is 66.6 Å². The molecule has 56 heavy (non-hydrogen) atoms. The molecule has 3 aliphatic carbocycles. The van der Waals surface area contributed by atoms with Crippen LogP contribution in [0.25, 0.3) is 0 Å². The molecule has 0 atom stereocenters. The molecule has 5 rings (SSSR count). The van der Waals surface area contributed by atoms with Crippen LogP contribution in [0.3, 0.4) is 0 Å². The summed E-state index contributed by atoms with van der Waals surface area (Å²) in [5, 5.41) is 16.5. The van der Waals surface area contributed by atoms with E-state index in [1.807, 2.05) is 0 Å². The molecule has 20 heteroatoms. The predicted octanol–water partition coefficient (Wildman–Crippen LogP) is 12.2. The molecule has 4 nitrogen and oxygen atoms in total. The van der Waals surface area contributed by atoms with Gasteiger partial charge in [0.1, 0.15) is 0 Å². The average molecular weight is 969 g/mol. The van der Waals surface area contributed by atoms with E-state index in [2.05, 4.69) is 0 Å². The van der Waals surface area contributed by atoms with Crippen LogP contribution in [0.15, 0.2) is 30.3 Å². The number of imidazole rings is 1. The molecular formula is C36H45Cl2F12N2O2PRu. The van der Waals surface area contributed by atoms with Crippen molar-refractivity contribution in [2.75, 3.05) is 0 Å². The second kappa shape index (κ2) is 19.2. The molecule has 0 saturated heterocycles. The summed E-state index contributed by atoms with van der Waals surface area (Å²) < 4.78 is 159. The van der Waals surface area contributed by atoms with Crippen LogP contribution in [0, 0.1) is 4.01 Å². The van der Waals surface area contributed by atoms with Crippen LogP contribution < -0.4 is 0 Å². The van der Waals surface area contributed by atoms with E-state index < -0.39 is 79.5 Å². The van der Waals surface area contributed by atoms with Gasteiger partial charge in [0, 0.05) is 0 Å². The van der Waals surface area contributed by atoms with E-state index >= 15 is 0 Å². The Morgan fingerprint density at radius 1 is 0.554 bits per heavy atom. The standard InChI is InChI=1S/C18H33P.C11H6Cl2F12N2O2.C7H6.Ru/c1-4-10-16(11-5-1)19(17-12-6-2-7-13-17)18-14-8-3-9-15-18;12-4-5(13)27(2-7(29,10(20,21)22)11(23,24)25)3-26(4)1-6(28,8(14,15)16)9(17,18)19;1-7-5-3-2-4-6-7;/h16-18H,1-15H2;28-29H,1-2H2;1-6H;. The third kappa shape index (κ3) is 11.0. The van der Waals surface area contributed by atoms with Gasteiger partial charge in [0.15, 0.2) is 0 Å². The second-order valence-electron chi connectivity index (χ2n) is 14.7. The van der Waals surface area contributed by atoms with Gasteiger partial charge in [-0.05, 0) is 55.5 Å². The fourth-order valence-electron chi connectivity index (χ4n) is 7.70. The van der Waals surface area contributed by atoms with Crippen LogP contribution in [-0.4, -0.2) is 76.8 Å². The second-order valence-corrected chi connectivity index (χ2v) is 20.2. The van der Waals surface area contributed by atoms with Gasteiger partial charge < -0.3 is 0 Å². The molecule has 3 fully saturated rings. The average Bonchev–Trinajstić information content (AvgIpc) is 3.34. The molecule has 1 aromatic heterocycles. The summed E-state index contributed by atoms with van der Waals surface area (Å²) >= 11 is 9.39. The summed E-state index contributed by atoms with van der Waals surface area (Å²) in [6.07, 6.45) is -2.03. The first-order valence-electron chi connectivity index (χ1n) is 18.4. The van der Waals surface area contributed by atoms with Crippen molar-refractivity contribution in [1.82, 2.24) is 9.13 Å². The zero-order valence-corrected chi connectivity index (χ0v) is 34.2. The molecule has 0 spiro atoms. The van der Waals surface area contributed by atoms with E-state index in [0.717, 1.165) is 4.61 Å². The molecule has 0 radical (unpaired) electrons. The van der Waals surface area contributed by atoms with Crippen LogP contribution >= 0.6 is 31.1 Å². The minimum absolute atomic E-state index is 0.185. The van der Waals surface area contributed by atoms with Gasteiger partial charge in [-0.25, -0.2) is 0 Å². The van der Waals surface area contributed by atoms with Gasteiger partial charge in [0.05, 0.1) is 0 Å². The molecule has 2 aromatic rings. The summed E-state index contributed by atoms with van der Waals surface area (Å²) in [5.74, 6) is 0. The molecular weight excluding hydrogens is 923 g/mol. The van der Waals surface area contributed by atoms with Crippen molar-refractivity contribution in [3.05, 3.63) is 50.2 Å². The van der Waals surface area contributed by atoms with Gasteiger partial charge in [0.25, 0.3) is 0 Å². The van der Waals surface area contributed by atoms with Crippen LogP contribution in [0.2, 0.25) is 10.3 Å². The van der Waals surface area contributed by atoms with Gasteiger partial charge in [-0.1, -0.05) is 65.7 Å². The van der Waals surface area contributed by atoms with Gasteiger partial charge >= 0.3 is 215 Å². The summed E-state index contributed by atoms with van der Waals surface area (Å²) in [6, 6.07) is 7.08. The van der Waals surface area contributed by atoms with Gasteiger partial charge in [0.2, 0.25) is 0 Å². The van der Waals surface area contributed by atoms with Crippen molar-refractivity contribution in [1.29, 1.82) is 0 Å². The minimum atomic E-state index is -6.41. The Hall–Kier alpha value is -0.987. The summed E-state index contributed by atoms with van der Waals surface area (Å²) in [4.78, 5) is 0. The number of nitrogens with zero attached hydrogens (tertiary/aromatic N) is 2. The molecule has 0 amide bonds. The number of hydrogen-bond donors (Lipinski definition) is 2. The van der Waals surface area contributed by atoms with E-state index in [9.17, 15) is 62.9 Å². The van der Waals surface area contributed by atoms with Crippen LogP contribution in [-0.2, 0) is 29.3 Å². The number of aliphatic hydroxyl groups is 2. The Morgan fingerprint density at radius 3 is 1.14 bits per heavy atom. The third-order valence-electron chi connectivity index (χ3n) is 10.8. The van der Waals surface area contributed by atoms with Crippen molar-refractivity contribution in [2.24, 2.45) is 0 Å². The Bertz CT molecular complexity index is 1530. The Labute approximate surface area is 335 Å². The zero-order chi connectivity index (χ0) is 41.7. The summed E-state index contributed by atoms with van der Waals surface area (Å²) in [7, 11) is 0.385. The van der Waals surface area contributed by atoms with Crippen LogP contribution in [0.4, 0.5) is 52.7 Å². The number of benzene rings is 1. The van der Waals surface area contributed by atoms with Crippen molar-refractivity contribution in [3.63, 3.8) is 0 Å². The number of rotatable bonds is 8.